The quantitative estimate of drug-likeness (QED) is 0.480. The molecular weight excluding hydrogens is 340 g/mol. The van der Waals surface area contributed by atoms with Crippen molar-refractivity contribution < 1.29 is 28.9 Å². The first-order chi connectivity index (χ1) is 12.5. The molecule has 0 aliphatic carbocycles. The van der Waals surface area contributed by atoms with Crippen LogP contribution in [0.1, 0.15) is 25.5 Å². The number of urea groups is 1. The Morgan fingerprint density at radius 1 is 1.27 bits per heavy atom. The summed E-state index contributed by atoms with van der Waals surface area (Å²) < 4.78 is 15.8. The first-order valence-corrected chi connectivity index (χ1v) is 8.44. The number of carbonyl (C=O) groups excluding carboxylic acids is 2. The fourth-order valence-corrected chi connectivity index (χ4v) is 2.67. The molecule has 1 saturated heterocycles. The highest BCUT2D eigenvalue weighted by molar-refractivity contribution is 5.85. The van der Waals surface area contributed by atoms with Crippen molar-refractivity contribution in [2.75, 3.05) is 26.4 Å². The molecule has 1 aliphatic heterocycles. The van der Waals surface area contributed by atoms with Gasteiger partial charge < -0.3 is 30.0 Å². The van der Waals surface area contributed by atoms with E-state index in [4.69, 9.17) is 14.2 Å². The van der Waals surface area contributed by atoms with Gasteiger partial charge in [0.1, 0.15) is 12.5 Å². The van der Waals surface area contributed by atoms with E-state index in [1.165, 1.54) is 6.07 Å². The van der Waals surface area contributed by atoms with E-state index in [0.717, 1.165) is 0 Å². The molecule has 1 fully saturated rings. The largest absolute Gasteiger partial charge is 0.504 e. The van der Waals surface area contributed by atoms with Crippen LogP contribution < -0.4 is 15.4 Å². The highest BCUT2D eigenvalue weighted by Crippen LogP contribution is 2.35. The zero-order valence-electron chi connectivity index (χ0n) is 14.9. The second kappa shape index (κ2) is 9.10. The van der Waals surface area contributed by atoms with E-state index in [-0.39, 0.29) is 23.8 Å². The van der Waals surface area contributed by atoms with Crippen LogP contribution in [0.3, 0.4) is 0 Å². The van der Waals surface area contributed by atoms with Gasteiger partial charge in [0.15, 0.2) is 11.5 Å². The molecular formula is C18H24N2O6. The maximum absolute atomic E-state index is 12.5. The third-order valence-corrected chi connectivity index (χ3v) is 3.84. The number of hydrogen-bond acceptors (Lipinski definition) is 6. The van der Waals surface area contributed by atoms with Crippen molar-refractivity contribution in [2.24, 2.45) is 5.92 Å². The molecule has 1 aromatic carbocycles. The topological polar surface area (TPSA) is 106 Å². The van der Waals surface area contributed by atoms with Crippen molar-refractivity contribution in [3.63, 3.8) is 0 Å². The lowest BCUT2D eigenvalue weighted by molar-refractivity contribution is -0.150. The molecule has 26 heavy (non-hydrogen) atoms. The van der Waals surface area contributed by atoms with E-state index in [1.807, 2.05) is 6.92 Å². The van der Waals surface area contributed by atoms with Gasteiger partial charge in [0.05, 0.1) is 19.3 Å². The van der Waals surface area contributed by atoms with Gasteiger partial charge in [-0.1, -0.05) is 12.6 Å². The molecule has 0 unspecified atom stereocenters. The van der Waals surface area contributed by atoms with E-state index in [9.17, 15) is 14.7 Å². The third-order valence-electron chi connectivity index (χ3n) is 3.84. The average Bonchev–Trinajstić information content (AvgIpc) is 2.60. The SMILES string of the molecule is C=C1NC(=O)N[C@H](c2ccc(O)c(OCC)c2)[C@H]1C(=O)OCCOCC. The van der Waals surface area contributed by atoms with Crippen LogP contribution in [-0.4, -0.2) is 43.5 Å². The molecule has 0 aromatic heterocycles. The second-order valence-electron chi connectivity index (χ2n) is 5.60. The van der Waals surface area contributed by atoms with E-state index >= 15 is 0 Å². The molecule has 2 amide bonds. The smallest absolute Gasteiger partial charge is 0.319 e. The maximum atomic E-state index is 12.5. The van der Waals surface area contributed by atoms with Gasteiger partial charge in [-0.2, -0.15) is 0 Å². The minimum absolute atomic E-state index is 0.0227. The van der Waals surface area contributed by atoms with Gasteiger partial charge in [-0.3, -0.25) is 4.79 Å². The minimum atomic E-state index is -0.826. The summed E-state index contributed by atoms with van der Waals surface area (Å²) >= 11 is 0. The lowest BCUT2D eigenvalue weighted by Crippen LogP contribution is -2.51. The molecule has 1 aromatic rings. The zero-order chi connectivity index (χ0) is 19.1. The number of ether oxygens (including phenoxy) is 3. The number of phenols is 1. The fourth-order valence-electron chi connectivity index (χ4n) is 2.67. The number of carbonyl (C=O) groups is 2. The highest BCUT2D eigenvalue weighted by Gasteiger charge is 2.39. The predicted molar refractivity (Wildman–Crippen MR) is 93.8 cm³/mol. The Bertz CT molecular complexity index is 676. The van der Waals surface area contributed by atoms with Gasteiger partial charge in [0, 0.05) is 12.3 Å². The van der Waals surface area contributed by atoms with Gasteiger partial charge in [0.25, 0.3) is 0 Å². The Balaban J connectivity index is 2.24. The third kappa shape index (κ3) is 4.66. The predicted octanol–water partition coefficient (Wildman–Crippen LogP) is 1.85. The molecule has 8 heteroatoms. The van der Waals surface area contributed by atoms with Crippen LogP contribution in [0.4, 0.5) is 4.79 Å². The van der Waals surface area contributed by atoms with E-state index in [2.05, 4.69) is 17.2 Å². The number of amides is 2. The van der Waals surface area contributed by atoms with E-state index < -0.39 is 24.0 Å². The van der Waals surface area contributed by atoms with Crippen molar-refractivity contribution in [2.45, 2.75) is 19.9 Å². The van der Waals surface area contributed by atoms with Gasteiger partial charge >= 0.3 is 12.0 Å². The average molecular weight is 364 g/mol. The molecule has 0 saturated carbocycles. The summed E-state index contributed by atoms with van der Waals surface area (Å²) in [6.45, 7) is 8.71. The summed E-state index contributed by atoms with van der Waals surface area (Å²) in [6, 6.07) is 3.49. The van der Waals surface area contributed by atoms with Gasteiger partial charge in [-0.15, -0.1) is 0 Å². The molecule has 8 nitrogen and oxygen atoms in total. The van der Waals surface area contributed by atoms with Crippen LogP contribution in [0.25, 0.3) is 0 Å². The molecule has 1 aliphatic rings. The van der Waals surface area contributed by atoms with Gasteiger partial charge in [0.2, 0.25) is 0 Å². The van der Waals surface area contributed by atoms with E-state index in [0.29, 0.717) is 25.4 Å². The first-order valence-electron chi connectivity index (χ1n) is 8.44. The number of hydrogen-bond donors (Lipinski definition) is 3. The zero-order valence-corrected chi connectivity index (χ0v) is 14.9. The highest BCUT2D eigenvalue weighted by atomic mass is 16.6. The van der Waals surface area contributed by atoms with Crippen molar-refractivity contribution in [3.05, 3.63) is 36.0 Å². The van der Waals surface area contributed by atoms with Crippen molar-refractivity contribution in [1.82, 2.24) is 10.6 Å². The lowest BCUT2D eigenvalue weighted by Gasteiger charge is -2.33. The fraction of sp³-hybridized carbons (Fsp3) is 0.444. The lowest BCUT2D eigenvalue weighted by atomic mass is 9.89. The summed E-state index contributed by atoms with van der Waals surface area (Å²) in [7, 11) is 0. The number of aromatic hydroxyl groups is 1. The summed E-state index contributed by atoms with van der Waals surface area (Å²) in [5, 5.41) is 15.1. The number of phenolic OH excluding ortho intramolecular Hbond substituents is 1. The molecule has 0 spiro atoms. The molecule has 0 bridgehead atoms. The summed E-state index contributed by atoms with van der Waals surface area (Å²) in [4.78, 5) is 24.4. The summed E-state index contributed by atoms with van der Waals surface area (Å²) in [5.74, 6) is -1.11. The monoisotopic (exact) mass is 364 g/mol. The Hall–Kier alpha value is -2.74. The second-order valence-corrected chi connectivity index (χ2v) is 5.60. The Morgan fingerprint density at radius 3 is 2.73 bits per heavy atom. The Kier molecular flexibility index (Phi) is 6.85. The summed E-state index contributed by atoms with van der Waals surface area (Å²) in [5.41, 5.74) is 0.834. The minimum Gasteiger partial charge on any atom is -0.504 e. The van der Waals surface area contributed by atoms with Crippen LogP contribution in [-0.2, 0) is 14.3 Å². The van der Waals surface area contributed by atoms with Crippen molar-refractivity contribution >= 4 is 12.0 Å². The molecule has 1 heterocycles. The maximum Gasteiger partial charge on any atom is 0.319 e. The van der Waals surface area contributed by atoms with Crippen LogP contribution in [0, 0.1) is 5.92 Å². The molecule has 2 atom stereocenters. The Morgan fingerprint density at radius 2 is 2.04 bits per heavy atom. The first kappa shape index (κ1) is 19.6. The van der Waals surface area contributed by atoms with Crippen molar-refractivity contribution in [3.8, 4) is 11.5 Å². The van der Waals surface area contributed by atoms with Gasteiger partial charge in [-0.05, 0) is 31.5 Å². The van der Waals surface area contributed by atoms with E-state index in [1.54, 1.807) is 19.1 Å². The van der Waals surface area contributed by atoms with Gasteiger partial charge in [-0.25, -0.2) is 4.79 Å². The number of benzene rings is 1. The molecule has 3 N–H and O–H groups in total. The van der Waals surface area contributed by atoms with Crippen LogP contribution in [0.5, 0.6) is 11.5 Å². The summed E-state index contributed by atoms with van der Waals surface area (Å²) in [6.07, 6.45) is 0. The van der Waals surface area contributed by atoms with Crippen LogP contribution >= 0.6 is 0 Å². The normalized spacial score (nSPS) is 19.5. The number of esters is 1. The van der Waals surface area contributed by atoms with Crippen LogP contribution in [0.15, 0.2) is 30.5 Å². The van der Waals surface area contributed by atoms with Crippen molar-refractivity contribution in [1.29, 1.82) is 0 Å². The Labute approximate surface area is 152 Å². The van der Waals surface area contributed by atoms with Crippen LogP contribution in [0.2, 0.25) is 0 Å². The number of nitrogens with one attached hydrogen (secondary N) is 2. The molecule has 2 rings (SSSR count). The molecule has 0 radical (unpaired) electrons. The standard InChI is InChI=1S/C18H24N2O6/c1-4-24-8-9-26-17(22)15-11(3)19-18(23)20-16(15)12-6-7-13(21)14(10-12)25-5-2/h6-7,10,15-16,21H,3-5,8-9H2,1-2H3,(H2,19,20,23)/t15-,16+/m0/s1. The number of rotatable bonds is 8. The molecule has 142 valence electrons.